The summed E-state index contributed by atoms with van der Waals surface area (Å²) in [6, 6.07) is 7.74. The van der Waals surface area contributed by atoms with Crippen LogP contribution in [-0.4, -0.2) is 39.4 Å². The zero-order chi connectivity index (χ0) is 15.5. The summed E-state index contributed by atoms with van der Waals surface area (Å²) in [6.07, 6.45) is 2.66. The number of benzene rings is 1. The van der Waals surface area contributed by atoms with Crippen molar-refractivity contribution in [2.75, 3.05) is 31.0 Å². The Bertz CT molecular complexity index is 574. The highest BCUT2D eigenvalue weighted by Gasteiger charge is 2.36. The van der Waals surface area contributed by atoms with Gasteiger partial charge in [-0.3, -0.25) is 4.31 Å². The van der Waals surface area contributed by atoms with Gasteiger partial charge in [0.05, 0.1) is 5.69 Å². The predicted molar refractivity (Wildman–Crippen MR) is 86.7 cm³/mol. The second-order valence-corrected chi connectivity index (χ2v) is 7.51. The van der Waals surface area contributed by atoms with E-state index in [1.165, 1.54) is 8.61 Å². The molecule has 6 heteroatoms. The summed E-state index contributed by atoms with van der Waals surface area (Å²) in [5.41, 5.74) is 7.57. The van der Waals surface area contributed by atoms with Gasteiger partial charge in [-0.1, -0.05) is 31.5 Å². The molecule has 0 spiro atoms. The van der Waals surface area contributed by atoms with Crippen molar-refractivity contribution >= 4 is 15.9 Å². The number of fused-ring (bicyclic) bond motifs is 1. The van der Waals surface area contributed by atoms with Gasteiger partial charge in [-0.2, -0.15) is 12.7 Å². The van der Waals surface area contributed by atoms with E-state index in [0.29, 0.717) is 19.6 Å². The monoisotopic (exact) mass is 311 g/mol. The number of para-hydroxylation sites is 1. The van der Waals surface area contributed by atoms with E-state index in [-0.39, 0.29) is 5.92 Å². The van der Waals surface area contributed by atoms with Crippen molar-refractivity contribution < 1.29 is 8.42 Å². The molecule has 0 saturated heterocycles. The average Bonchev–Trinajstić information content (AvgIpc) is 2.85. The van der Waals surface area contributed by atoms with Crippen LogP contribution in [0.25, 0.3) is 0 Å². The van der Waals surface area contributed by atoms with Crippen LogP contribution in [0.5, 0.6) is 0 Å². The number of anilines is 1. The number of hydrogen-bond donors (Lipinski definition) is 1. The predicted octanol–water partition coefficient (Wildman–Crippen LogP) is 1.92. The Hall–Kier alpha value is -1.11. The van der Waals surface area contributed by atoms with Gasteiger partial charge < -0.3 is 5.73 Å². The minimum Gasteiger partial charge on any atom is -0.330 e. The van der Waals surface area contributed by atoms with Crippen LogP contribution in [0.3, 0.4) is 0 Å². The van der Waals surface area contributed by atoms with Gasteiger partial charge in [-0.15, -0.1) is 0 Å². The quantitative estimate of drug-likeness (QED) is 0.836. The standard InChI is InChI=1S/C15H25N3O2S/c1-3-4-11-17(2)21(19,20)18-12-13(9-10-16)14-7-5-6-8-15(14)18/h5-8,13H,3-4,9-12,16H2,1-2H3. The molecule has 1 heterocycles. The van der Waals surface area contributed by atoms with Crippen LogP contribution in [0, 0.1) is 0 Å². The fourth-order valence-electron chi connectivity index (χ4n) is 2.79. The number of unbranched alkanes of at least 4 members (excludes halogenated alkanes) is 1. The first-order valence-electron chi connectivity index (χ1n) is 7.55. The fourth-order valence-corrected chi connectivity index (χ4v) is 4.27. The number of rotatable bonds is 7. The lowest BCUT2D eigenvalue weighted by atomic mass is 9.98. The highest BCUT2D eigenvalue weighted by Crippen LogP contribution is 2.39. The van der Waals surface area contributed by atoms with Crippen LogP contribution in [0.4, 0.5) is 5.69 Å². The van der Waals surface area contributed by atoms with Gasteiger partial charge >= 0.3 is 10.2 Å². The molecular weight excluding hydrogens is 286 g/mol. The molecule has 0 aliphatic carbocycles. The van der Waals surface area contributed by atoms with Gasteiger partial charge in [-0.05, 0) is 31.0 Å². The SMILES string of the molecule is CCCCN(C)S(=O)(=O)N1CC(CCN)c2ccccc21. The smallest absolute Gasteiger partial charge is 0.303 e. The van der Waals surface area contributed by atoms with E-state index in [1.54, 1.807) is 7.05 Å². The van der Waals surface area contributed by atoms with Crippen molar-refractivity contribution in [2.45, 2.75) is 32.1 Å². The molecule has 0 bridgehead atoms. The minimum absolute atomic E-state index is 0.195. The maximum absolute atomic E-state index is 12.8. The van der Waals surface area contributed by atoms with Crippen LogP contribution < -0.4 is 10.0 Å². The van der Waals surface area contributed by atoms with E-state index >= 15 is 0 Å². The number of nitrogens with zero attached hydrogens (tertiary/aromatic N) is 2. The van der Waals surface area contributed by atoms with Crippen molar-refractivity contribution in [3.8, 4) is 0 Å². The second kappa shape index (κ2) is 6.77. The molecule has 0 saturated carbocycles. The summed E-state index contributed by atoms with van der Waals surface area (Å²) in [5.74, 6) is 0.195. The first-order chi connectivity index (χ1) is 10.0. The molecular formula is C15H25N3O2S. The van der Waals surface area contributed by atoms with Gasteiger partial charge in [0, 0.05) is 26.1 Å². The van der Waals surface area contributed by atoms with Gasteiger partial charge in [0.25, 0.3) is 0 Å². The maximum atomic E-state index is 12.8. The van der Waals surface area contributed by atoms with Crippen molar-refractivity contribution in [3.63, 3.8) is 0 Å². The molecule has 1 aromatic carbocycles. The Labute approximate surface area is 127 Å². The first-order valence-corrected chi connectivity index (χ1v) is 8.95. The summed E-state index contributed by atoms with van der Waals surface area (Å²) in [6.45, 7) is 3.68. The zero-order valence-electron chi connectivity index (χ0n) is 12.8. The van der Waals surface area contributed by atoms with Crippen LogP contribution >= 0.6 is 0 Å². The first kappa shape index (κ1) is 16.3. The summed E-state index contributed by atoms with van der Waals surface area (Å²) >= 11 is 0. The lowest BCUT2D eigenvalue weighted by molar-refractivity contribution is 0.455. The van der Waals surface area contributed by atoms with Crippen LogP contribution in [0.15, 0.2) is 24.3 Å². The molecule has 1 aliphatic heterocycles. The van der Waals surface area contributed by atoms with Crippen molar-refractivity contribution in [1.82, 2.24) is 4.31 Å². The Morgan fingerprint density at radius 3 is 2.76 bits per heavy atom. The summed E-state index contributed by atoms with van der Waals surface area (Å²) in [5, 5.41) is 0. The molecule has 0 amide bonds. The van der Waals surface area contributed by atoms with Crippen LogP contribution in [0.1, 0.15) is 37.7 Å². The van der Waals surface area contributed by atoms with E-state index in [0.717, 1.165) is 30.5 Å². The summed E-state index contributed by atoms with van der Waals surface area (Å²) in [4.78, 5) is 0. The van der Waals surface area contributed by atoms with Crippen LogP contribution in [-0.2, 0) is 10.2 Å². The molecule has 1 aliphatic rings. The maximum Gasteiger partial charge on any atom is 0.303 e. The Kier molecular flexibility index (Phi) is 5.24. The molecule has 2 N–H and O–H groups in total. The van der Waals surface area contributed by atoms with Gasteiger partial charge in [0.15, 0.2) is 0 Å². The molecule has 5 nitrogen and oxygen atoms in total. The Morgan fingerprint density at radius 1 is 1.38 bits per heavy atom. The summed E-state index contributed by atoms with van der Waals surface area (Å²) in [7, 11) is -1.79. The third-order valence-electron chi connectivity index (χ3n) is 4.05. The Balaban J connectivity index is 2.28. The molecule has 21 heavy (non-hydrogen) atoms. The van der Waals surface area contributed by atoms with Gasteiger partial charge in [-0.25, -0.2) is 0 Å². The molecule has 0 radical (unpaired) electrons. The highest BCUT2D eigenvalue weighted by atomic mass is 32.2. The lowest BCUT2D eigenvalue weighted by Crippen LogP contribution is -2.42. The Morgan fingerprint density at radius 2 is 2.10 bits per heavy atom. The van der Waals surface area contributed by atoms with E-state index < -0.39 is 10.2 Å². The molecule has 0 aromatic heterocycles. The molecule has 1 aromatic rings. The van der Waals surface area contributed by atoms with E-state index in [1.807, 2.05) is 24.3 Å². The lowest BCUT2D eigenvalue weighted by Gasteiger charge is -2.26. The van der Waals surface area contributed by atoms with Crippen molar-refractivity contribution in [1.29, 1.82) is 0 Å². The zero-order valence-corrected chi connectivity index (χ0v) is 13.6. The number of nitrogens with two attached hydrogens (primary N) is 1. The van der Waals surface area contributed by atoms with E-state index in [2.05, 4.69) is 6.92 Å². The molecule has 1 atom stereocenters. The molecule has 0 fully saturated rings. The molecule has 2 rings (SSSR count). The largest absolute Gasteiger partial charge is 0.330 e. The number of hydrogen-bond acceptors (Lipinski definition) is 3. The van der Waals surface area contributed by atoms with E-state index in [4.69, 9.17) is 5.73 Å². The van der Waals surface area contributed by atoms with Gasteiger partial charge in [0.1, 0.15) is 0 Å². The third kappa shape index (κ3) is 3.22. The topological polar surface area (TPSA) is 66.6 Å². The van der Waals surface area contributed by atoms with Gasteiger partial charge in [0.2, 0.25) is 0 Å². The van der Waals surface area contributed by atoms with E-state index in [9.17, 15) is 8.42 Å². The van der Waals surface area contributed by atoms with Crippen molar-refractivity contribution in [3.05, 3.63) is 29.8 Å². The fraction of sp³-hybridized carbons (Fsp3) is 0.600. The summed E-state index contributed by atoms with van der Waals surface area (Å²) < 4.78 is 28.5. The normalized spacial score (nSPS) is 18.3. The average molecular weight is 311 g/mol. The van der Waals surface area contributed by atoms with Crippen molar-refractivity contribution in [2.24, 2.45) is 5.73 Å². The minimum atomic E-state index is -3.45. The highest BCUT2D eigenvalue weighted by molar-refractivity contribution is 7.90. The molecule has 118 valence electrons. The third-order valence-corrected chi connectivity index (χ3v) is 5.92. The van der Waals surface area contributed by atoms with Crippen LogP contribution in [0.2, 0.25) is 0 Å². The second-order valence-electron chi connectivity index (χ2n) is 5.55. The molecule has 1 unspecified atom stereocenters.